The molecule has 1 aromatic carbocycles. The van der Waals surface area contributed by atoms with Crippen LogP contribution >= 0.6 is 11.6 Å². The minimum atomic E-state index is -1.45. The maximum atomic E-state index is 9.82. The van der Waals surface area contributed by atoms with Crippen molar-refractivity contribution in [3.05, 3.63) is 29.8 Å². The van der Waals surface area contributed by atoms with E-state index in [0.717, 1.165) is 5.56 Å². The normalized spacial score (nSPS) is 34.0. The van der Waals surface area contributed by atoms with Gasteiger partial charge < -0.3 is 29.9 Å². The molecule has 0 spiro atoms. The van der Waals surface area contributed by atoms with Crippen molar-refractivity contribution in [2.24, 2.45) is 0 Å². The van der Waals surface area contributed by atoms with Gasteiger partial charge in [0.15, 0.2) is 0 Å². The fourth-order valence-electron chi connectivity index (χ4n) is 1.96. The molecule has 0 radical (unpaired) electrons. The Morgan fingerprint density at radius 2 is 1.70 bits per heavy atom. The maximum absolute atomic E-state index is 9.82. The van der Waals surface area contributed by atoms with Gasteiger partial charge in [-0.3, -0.25) is 0 Å². The molecule has 1 aliphatic heterocycles. The highest BCUT2D eigenvalue weighted by molar-refractivity contribution is 6.17. The number of alkyl halides is 1. The van der Waals surface area contributed by atoms with Crippen LogP contribution in [-0.2, 0) is 10.6 Å². The van der Waals surface area contributed by atoms with Gasteiger partial charge in [0.05, 0.1) is 6.61 Å². The van der Waals surface area contributed by atoms with E-state index in [4.69, 9.17) is 26.2 Å². The summed E-state index contributed by atoms with van der Waals surface area (Å²) in [6.07, 6.45) is -6.42. The third-order valence-corrected chi connectivity index (χ3v) is 3.49. The first-order valence-corrected chi connectivity index (χ1v) is 6.72. The third-order valence-electron chi connectivity index (χ3n) is 3.18. The van der Waals surface area contributed by atoms with Gasteiger partial charge in [-0.2, -0.15) is 0 Å². The predicted molar refractivity (Wildman–Crippen MR) is 70.4 cm³/mol. The Bertz CT molecular complexity index is 423. The number of ether oxygens (including phenoxy) is 2. The molecule has 112 valence electrons. The van der Waals surface area contributed by atoms with Gasteiger partial charge in [-0.25, -0.2) is 0 Å². The smallest absolute Gasteiger partial charge is 0.229 e. The highest BCUT2D eigenvalue weighted by Gasteiger charge is 2.44. The van der Waals surface area contributed by atoms with Gasteiger partial charge in [0, 0.05) is 5.88 Å². The van der Waals surface area contributed by atoms with E-state index < -0.39 is 37.3 Å². The Hall–Kier alpha value is -0.890. The maximum Gasteiger partial charge on any atom is 0.229 e. The van der Waals surface area contributed by atoms with Gasteiger partial charge in [-0.1, -0.05) is 12.1 Å². The monoisotopic (exact) mass is 304 g/mol. The quantitative estimate of drug-likeness (QED) is 0.565. The molecule has 0 saturated carbocycles. The van der Waals surface area contributed by atoms with Crippen LogP contribution in [0.3, 0.4) is 0 Å². The van der Waals surface area contributed by atoms with Crippen molar-refractivity contribution in [2.45, 2.75) is 36.6 Å². The number of aliphatic hydroxyl groups excluding tert-OH is 4. The first-order chi connectivity index (χ1) is 9.56. The lowest BCUT2D eigenvalue weighted by atomic mass is 9.99. The molecule has 3 unspecified atom stereocenters. The molecule has 0 bridgehead atoms. The molecule has 5 atom stereocenters. The third kappa shape index (κ3) is 3.22. The number of halogens is 1. The SMILES string of the molecule is OCC1O[C@@H](Oc2ccc(CCl)cc2)C(O)C(O)[C@@H]1O. The zero-order chi connectivity index (χ0) is 14.7. The fraction of sp³-hybridized carbons (Fsp3) is 0.538. The molecule has 2 rings (SSSR count). The highest BCUT2D eigenvalue weighted by Crippen LogP contribution is 2.24. The molecule has 1 aromatic rings. The summed E-state index contributed by atoms with van der Waals surface area (Å²) in [5.41, 5.74) is 0.910. The molecule has 1 aliphatic rings. The minimum Gasteiger partial charge on any atom is -0.462 e. The topological polar surface area (TPSA) is 99.4 Å². The second-order valence-corrected chi connectivity index (χ2v) is 4.86. The first kappa shape index (κ1) is 15.5. The van der Waals surface area contributed by atoms with E-state index in [0.29, 0.717) is 11.6 Å². The van der Waals surface area contributed by atoms with Gasteiger partial charge in [0.2, 0.25) is 6.29 Å². The van der Waals surface area contributed by atoms with E-state index >= 15 is 0 Å². The summed E-state index contributed by atoms with van der Waals surface area (Å²) in [7, 11) is 0. The Balaban J connectivity index is 2.06. The zero-order valence-corrected chi connectivity index (χ0v) is 11.3. The van der Waals surface area contributed by atoms with E-state index in [1.165, 1.54) is 0 Å². The average molecular weight is 305 g/mol. The molecular formula is C13H17ClO6. The van der Waals surface area contributed by atoms with E-state index in [9.17, 15) is 15.3 Å². The second kappa shape index (κ2) is 6.71. The van der Waals surface area contributed by atoms with Crippen molar-refractivity contribution in [3.63, 3.8) is 0 Å². The lowest BCUT2D eigenvalue weighted by Gasteiger charge is -2.39. The zero-order valence-electron chi connectivity index (χ0n) is 10.6. The summed E-state index contributed by atoms with van der Waals surface area (Å²) in [6, 6.07) is 6.82. The summed E-state index contributed by atoms with van der Waals surface area (Å²) >= 11 is 5.67. The summed E-state index contributed by atoms with van der Waals surface area (Å²) in [4.78, 5) is 0. The van der Waals surface area contributed by atoms with E-state index in [1.807, 2.05) is 0 Å². The number of aliphatic hydroxyl groups is 4. The minimum absolute atomic E-state index is 0.375. The van der Waals surface area contributed by atoms with Crippen LogP contribution in [0.1, 0.15) is 5.56 Å². The van der Waals surface area contributed by atoms with Crippen molar-refractivity contribution < 1.29 is 29.9 Å². The highest BCUT2D eigenvalue weighted by atomic mass is 35.5. The lowest BCUT2D eigenvalue weighted by Crippen LogP contribution is -2.60. The van der Waals surface area contributed by atoms with Crippen LogP contribution in [0.2, 0.25) is 0 Å². The van der Waals surface area contributed by atoms with Gasteiger partial charge in [0.25, 0.3) is 0 Å². The molecule has 1 fully saturated rings. The molecule has 4 N–H and O–H groups in total. The van der Waals surface area contributed by atoms with Crippen molar-refractivity contribution >= 4 is 11.6 Å². The lowest BCUT2D eigenvalue weighted by molar-refractivity contribution is -0.277. The molecule has 0 aliphatic carbocycles. The van der Waals surface area contributed by atoms with E-state index in [1.54, 1.807) is 24.3 Å². The summed E-state index contributed by atoms with van der Waals surface area (Å²) in [5.74, 6) is 0.795. The largest absolute Gasteiger partial charge is 0.462 e. The Labute approximate surface area is 121 Å². The van der Waals surface area contributed by atoms with E-state index in [2.05, 4.69) is 0 Å². The van der Waals surface area contributed by atoms with Crippen LogP contribution in [0, 0.1) is 0 Å². The van der Waals surface area contributed by atoms with E-state index in [-0.39, 0.29) is 0 Å². The number of hydrogen-bond acceptors (Lipinski definition) is 6. The molecule has 7 heteroatoms. The summed E-state index contributed by atoms with van der Waals surface area (Å²) in [5, 5.41) is 38.2. The van der Waals surface area contributed by atoms with Gasteiger partial charge in [-0.15, -0.1) is 11.6 Å². The molecule has 1 heterocycles. The Kier molecular flexibility index (Phi) is 5.20. The summed E-state index contributed by atoms with van der Waals surface area (Å²) < 4.78 is 10.7. The predicted octanol–water partition coefficient (Wildman–Crippen LogP) is -0.396. The Morgan fingerprint density at radius 3 is 2.25 bits per heavy atom. The molecular weight excluding hydrogens is 288 g/mol. The van der Waals surface area contributed by atoms with Crippen LogP contribution in [0.15, 0.2) is 24.3 Å². The molecule has 1 saturated heterocycles. The van der Waals surface area contributed by atoms with Crippen molar-refractivity contribution in [2.75, 3.05) is 6.61 Å². The van der Waals surface area contributed by atoms with Gasteiger partial charge >= 0.3 is 0 Å². The van der Waals surface area contributed by atoms with Gasteiger partial charge in [-0.05, 0) is 17.7 Å². The van der Waals surface area contributed by atoms with Crippen LogP contribution in [0.4, 0.5) is 0 Å². The number of hydrogen-bond donors (Lipinski definition) is 4. The number of benzene rings is 1. The van der Waals surface area contributed by atoms with Crippen LogP contribution < -0.4 is 4.74 Å². The van der Waals surface area contributed by atoms with Gasteiger partial charge in [0.1, 0.15) is 30.2 Å². The molecule has 0 amide bonds. The van der Waals surface area contributed by atoms with Crippen LogP contribution in [-0.4, -0.2) is 57.7 Å². The number of rotatable bonds is 4. The molecule has 0 aromatic heterocycles. The molecule has 6 nitrogen and oxygen atoms in total. The summed E-state index contributed by atoms with van der Waals surface area (Å²) in [6.45, 7) is -0.490. The Morgan fingerprint density at radius 1 is 1.05 bits per heavy atom. The van der Waals surface area contributed by atoms with Crippen molar-refractivity contribution in [3.8, 4) is 5.75 Å². The van der Waals surface area contributed by atoms with Crippen molar-refractivity contribution in [1.82, 2.24) is 0 Å². The fourth-order valence-corrected chi connectivity index (χ4v) is 2.13. The van der Waals surface area contributed by atoms with Crippen LogP contribution in [0.5, 0.6) is 5.75 Å². The standard InChI is InChI=1S/C13H17ClO6/c14-5-7-1-3-8(4-2-7)19-13-12(18)11(17)10(16)9(6-15)20-13/h1-4,9-13,15-18H,5-6H2/t9?,10-,11?,12?,13-/m1/s1. The van der Waals surface area contributed by atoms with Crippen LogP contribution in [0.25, 0.3) is 0 Å². The van der Waals surface area contributed by atoms with Crippen molar-refractivity contribution in [1.29, 1.82) is 0 Å². The second-order valence-electron chi connectivity index (χ2n) is 4.59. The molecule has 20 heavy (non-hydrogen) atoms. The first-order valence-electron chi connectivity index (χ1n) is 6.19. The average Bonchev–Trinajstić information content (AvgIpc) is 2.48.